The summed E-state index contributed by atoms with van der Waals surface area (Å²) in [6.45, 7) is 3.48. The maximum atomic E-state index is 16.2. The summed E-state index contributed by atoms with van der Waals surface area (Å²) >= 11 is 0. The molecule has 0 aliphatic carbocycles. The van der Waals surface area contributed by atoms with Gasteiger partial charge in [-0.1, -0.05) is 18.1 Å². The first kappa shape index (κ1) is 29.9. The summed E-state index contributed by atoms with van der Waals surface area (Å²) in [6.07, 6.45) is 8.07. The third kappa shape index (κ3) is 5.18. The van der Waals surface area contributed by atoms with E-state index in [1.165, 1.54) is 50.3 Å². The number of cyclic esters (lactones) is 1. The molecule has 4 aromatic rings. The molecule has 1 aromatic heterocycles. The van der Waals surface area contributed by atoms with E-state index in [9.17, 15) is 18.7 Å². The molecule has 3 unspecified atom stereocenters. The number of fused-ring (bicyclic) bond motifs is 4. The van der Waals surface area contributed by atoms with Crippen LogP contribution in [0.2, 0.25) is 0 Å². The van der Waals surface area contributed by atoms with Crippen molar-refractivity contribution in [2.24, 2.45) is 0 Å². The molecular formula is C34H32F3N5O4. The van der Waals surface area contributed by atoms with Crippen molar-refractivity contribution in [2.75, 3.05) is 51.3 Å². The maximum absolute atomic E-state index is 16.2. The molecule has 8 rings (SSSR count). The van der Waals surface area contributed by atoms with Crippen LogP contribution in [0.3, 0.4) is 0 Å². The number of amides is 1. The first-order valence-corrected chi connectivity index (χ1v) is 15.3. The number of rotatable bonds is 3. The van der Waals surface area contributed by atoms with Crippen molar-refractivity contribution in [2.45, 2.75) is 37.5 Å². The molecule has 3 atom stereocenters. The number of aromatic hydroxyl groups is 1. The fraction of sp³-hybridized carbons (Fsp3) is 0.382. The lowest BCUT2D eigenvalue weighted by atomic mass is 9.93. The van der Waals surface area contributed by atoms with Crippen LogP contribution in [-0.2, 0) is 4.74 Å². The number of nitrogens with zero attached hydrogens (tertiary/aromatic N) is 5. The molecule has 4 saturated heterocycles. The highest BCUT2D eigenvalue weighted by Gasteiger charge is 2.38. The van der Waals surface area contributed by atoms with Gasteiger partial charge in [-0.2, -0.15) is 9.97 Å². The summed E-state index contributed by atoms with van der Waals surface area (Å²) in [5.41, 5.74) is 0.285. The van der Waals surface area contributed by atoms with Gasteiger partial charge < -0.3 is 19.5 Å². The van der Waals surface area contributed by atoms with Crippen LogP contribution >= 0.6 is 0 Å². The molecule has 3 aromatic carbocycles. The molecule has 4 aliphatic heterocycles. The Morgan fingerprint density at radius 1 is 1.07 bits per heavy atom. The minimum Gasteiger partial charge on any atom is -0.508 e. The number of anilines is 1. The lowest BCUT2D eigenvalue weighted by molar-refractivity contribution is 0.157. The number of hydrogen-bond donors (Lipinski definition) is 1. The fourth-order valence-corrected chi connectivity index (χ4v) is 7.15. The van der Waals surface area contributed by atoms with E-state index in [2.05, 4.69) is 20.8 Å². The molecule has 9 nitrogen and oxygen atoms in total. The van der Waals surface area contributed by atoms with Gasteiger partial charge in [-0.25, -0.2) is 18.0 Å². The number of ether oxygens (including phenoxy) is 2. The number of piperazine rings is 1. The minimum absolute atomic E-state index is 0.00400. The van der Waals surface area contributed by atoms with Gasteiger partial charge in [0.05, 0.1) is 18.7 Å². The van der Waals surface area contributed by atoms with E-state index in [1.807, 2.05) is 4.90 Å². The highest BCUT2D eigenvalue weighted by atomic mass is 19.1. The highest BCUT2D eigenvalue weighted by molar-refractivity contribution is 6.04. The minimum atomic E-state index is -0.698. The molecule has 4 fully saturated rings. The van der Waals surface area contributed by atoms with E-state index < -0.39 is 17.8 Å². The molecule has 1 amide bonds. The largest absolute Gasteiger partial charge is 0.508 e. The van der Waals surface area contributed by atoms with Gasteiger partial charge in [-0.3, -0.25) is 9.80 Å². The Hall–Kier alpha value is -4.76. The third-order valence-corrected chi connectivity index (χ3v) is 9.31. The van der Waals surface area contributed by atoms with Gasteiger partial charge in [0.2, 0.25) is 0 Å². The highest BCUT2D eigenvalue weighted by Crippen LogP contribution is 2.40. The number of alkyl halides is 1. The number of hydrogen-bond acceptors (Lipinski definition) is 8. The monoisotopic (exact) mass is 631 g/mol. The number of benzene rings is 3. The second-order valence-corrected chi connectivity index (χ2v) is 12.0. The number of carbonyl (C=O) groups is 1. The first-order chi connectivity index (χ1) is 22.2. The van der Waals surface area contributed by atoms with Gasteiger partial charge in [0.15, 0.2) is 5.82 Å². The Bertz CT molecular complexity index is 1890. The number of methoxy groups -OCH3 is 1. The number of terminal acetylenes is 1. The molecule has 4 aliphatic rings. The zero-order valence-electron chi connectivity index (χ0n) is 25.2. The van der Waals surface area contributed by atoms with E-state index >= 15 is 4.39 Å². The van der Waals surface area contributed by atoms with Crippen LogP contribution in [0.25, 0.3) is 32.8 Å². The molecule has 0 saturated carbocycles. The topological polar surface area (TPSA) is 91.3 Å². The molecule has 0 spiro atoms. The predicted molar refractivity (Wildman–Crippen MR) is 167 cm³/mol. The van der Waals surface area contributed by atoms with Crippen molar-refractivity contribution in [3.63, 3.8) is 0 Å². The first-order valence-electron chi connectivity index (χ1n) is 15.3. The molecule has 12 heteroatoms. The Morgan fingerprint density at radius 3 is 2.70 bits per heavy atom. The van der Waals surface area contributed by atoms with Crippen molar-refractivity contribution in [3.05, 3.63) is 53.6 Å². The average molecular weight is 632 g/mol. The Kier molecular flexibility index (Phi) is 7.72. The van der Waals surface area contributed by atoms with Crippen LogP contribution in [0.5, 0.6) is 11.8 Å². The summed E-state index contributed by atoms with van der Waals surface area (Å²) in [5, 5.41) is 11.6. The van der Waals surface area contributed by atoms with Gasteiger partial charge >= 0.3 is 12.1 Å². The normalized spacial score (nSPS) is 22.3. The lowest BCUT2D eigenvalue weighted by Crippen LogP contribution is -2.52. The van der Waals surface area contributed by atoms with Gasteiger partial charge in [-0.15, -0.1) is 6.42 Å². The quantitative estimate of drug-likeness (QED) is 0.307. The summed E-state index contributed by atoms with van der Waals surface area (Å²) in [6, 6.07) is 9.14. The smallest absolute Gasteiger partial charge is 0.410 e. The van der Waals surface area contributed by atoms with Crippen LogP contribution in [0.15, 0.2) is 36.4 Å². The fourth-order valence-electron chi connectivity index (χ4n) is 7.15. The van der Waals surface area contributed by atoms with Crippen LogP contribution in [0.1, 0.15) is 24.8 Å². The molecule has 5 heterocycles. The predicted octanol–water partition coefficient (Wildman–Crippen LogP) is 5.26. The SMILES string of the molecule is C#Cc1c(F)ccc2cc(O)cc(-c3ccc4c(N5CCN6C(=O)OCC6C5)nc(OC)nc4c3F)c12.FC1CC2CCCN2C1. The van der Waals surface area contributed by atoms with E-state index in [0.717, 1.165) is 13.0 Å². The van der Waals surface area contributed by atoms with Crippen LogP contribution < -0.4 is 9.64 Å². The number of phenolic OH excluding ortho intramolecular Hbond substituents is 1. The second-order valence-electron chi connectivity index (χ2n) is 12.0. The molecule has 1 N–H and O–H groups in total. The summed E-state index contributed by atoms with van der Waals surface area (Å²) in [7, 11) is 1.39. The van der Waals surface area contributed by atoms with Crippen LogP contribution in [-0.4, -0.2) is 95.7 Å². The Balaban J connectivity index is 0.000000321. The van der Waals surface area contributed by atoms with Crippen molar-refractivity contribution in [1.29, 1.82) is 0 Å². The van der Waals surface area contributed by atoms with E-state index in [0.29, 0.717) is 54.2 Å². The molecule has 0 radical (unpaired) electrons. The lowest BCUT2D eigenvalue weighted by Gasteiger charge is -2.36. The molecule has 238 valence electrons. The standard InChI is InChI=1S/C27H20F2N4O4.C7H12FN/c1-3-17-21(28)7-4-14-10-16(34)11-20(22(14)17)18-5-6-19-24(23(18)29)30-26(36-2)31-25(19)32-8-9-33-15(12-32)13-37-27(33)35;8-6-4-7-2-1-3-9(7)5-6/h1,4-7,10-11,15,34H,8-9,12-13H2,2H3;6-7H,1-5H2. The second kappa shape index (κ2) is 11.9. The van der Waals surface area contributed by atoms with E-state index in [4.69, 9.17) is 15.9 Å². The maximum Gasteiger partial charge on any atom is 0.410 e. The zero-order valence-corrected chi connectivity index (χ0v) is 25.2. The van der Waals surface area contributed by atoms with Gasteiger partial charge in [0, 0.05) is 48.6 Å². The third-order valence-electron chi connectivity index (χ3n) is 9.31. The van der Waals surface area contributed by atoms with Crippen molar-refractivity contribution < 1.29 is 32.5 Å². The van der Waals surface area contributed by atoms with E-state index in [1.54, 1.807) is 11.0 Å². The number of halogens is 3. The Labute approximate surface area is 263 Å². The van der Waals surface area contributed by atoms with Gasteiger partial charge in [0.25, 0.3) is 0 Å². The molecule has 0 bridgehead atoms. The summed E-state index contributed by atoms with van der Waals surface area (Å²) in [5.74, 6) is 1.37. The molecular weight excluding hydrogens is 599 g/mol. The number of carbonyl (C=O) groups excluding carboxylic acids is 1. The summed E-state index contributed by atoms with van der Waals surface area (Å²) < 4.78 is 53.8. The van der Waals surface area contributed by atoms with Crippen molar-refractivity contribution in [1.82, 2.24) is 19.8 Å². The average Bonchev–Trinajstić information content (AvgIpc) is 3.75. The summed E-state index contributed by atoms with van der Waals surface area (Å²) in [4.78, 5) is 26.6. The zero-order chi connectivity index (χ0) is 32.1. The number of aromatic nitrogens is 2. The number of phenols is 1. The van der Waals surface area contributed by atoms with Crippen molar-refractivity contribution >= 4 is 33.6 Å². The Morgan fingerprint density at radius 2 is 1.91 bits per heavy atom. The van der Waals surface area contributed by atoms with Crippen molar-refractivity contribution in [3.8, 4) is 35.2 Å². The van der Waals surface area contributed by atoms with Crippen LogP contribution in [0.4, 0.5) is 23.8 Å². The molecule has 46 heavy (non-hydrogen) atoms. The van der Waals surface area contributed by atoms with E-state index in [-0.39, 0.29) is 52.7 Å². The van der Waals surface area contributed by atoms with Gasteiger partial charge in [-0.05, 0) is 61.0 Å². The van der Waals surface area contributed by atoms with Gasteiger partial charge in [0.1, 0.15) is 35.7 Å². The van der Waals surface area contributed by atoms with Crippen LogP contribution in [0, 0.1) is 24.0 Å².